The van der Waals surface area contributed by atoms with Crippen LogP contribution in [-0.2, 0) is 16.1 Å². The minimum atomic E-state index is -0.0634. The highest BCUT2D eigenvalue weighted by molar-refractivity contribution is 5.85. The van der Waals surface area contributed by atoms with Gasteiger partial charge in [0, 0.05) is 18.7 Å². The topological polar surface area (TPSA) is 60.4 Å². The molecule has 0 spiro atoms. The normalized spacial score (nSPS) is 14.8. The molecule has 0 saturated carbocycles. The van der Waals surface area contributed by atoms with Gasteiger partial charge in [0.25, 0.3) is 5.91 Å². The molecular weight excluding hydrogens is 368 g/mol. The van der Waals surface area contributed by atoms with Crippen molar-refractivity contribution in [1.82, 2.24) is 4.90 Å². The summed E-state index contributed by atoms with van der Waals surface area (Å²) in [5.41, 5.74) is 2.09. The van der Waals surface area contributed by atoms with E-state index in [4.69, 9.17) is 14.3 Å². The van der Waals surface area contributed by atoms with Crippen molar-refractivity contribution in [3.05, 3.63) is 59.7 Å². The molecule has 0 aromatic heterocycles. The summed E-state index contributed by atoms with van der Waals surface area (Å²) in [4.78, 5) is 19.5. The fourth-order valence-electron chi connectivity index (χ4n) is 3.63. The Morgan fingerprint density at radius 2 is 1.83 bits per heavy atom. The first kappa shape index (κ1) is 20.7. The van der Waals surface area contributed by atoms with Crippen LogP contribution >= 0.6 is 0 Å². The molecule has 0 radical (unpaired) electrons. The molecule has 1 heterocycles. The van der Waals surface area contributed by atoms with Gasteiger partial charge in [-0.15, -0.1) is 0 Å². The van der Waals surface area contributed by atoms with Gasteiger partial charge >= 0.3 is 0 Å². The molecule has 1 saturated heterocycles. The Morgan fingerprint density at radius 3 is 2.52 bits per heavy atom. The Balaban J connectivity index is 1.43. The number of ether oxygens (including phenoxy) is 2. The van der Waals surface area contributed by atoms with E-state index in [1.165, 1.54) is 11.8 Å². The first-order chi connectivity index (χ1) is 14.2. The van der Waals surface area contributed by atoms with Gasteiger partial charge in [0.2, 0.25) is 0 Å². The molecule has 154 valence electrons. The smallest absolute Gasteiger partial charge is 0.263 e. The Hall–Kier alpha value is -3.02. The molecule has 2 aromatic rings. The van der Waals surface area contributed by atoms with Crippen molar-refractivity contribution in [2.24, 2.45) is 11.1 Å². The van der Waals surface area contributed by atoms with Crippen LogP contribution < -0.4 is 9.47 Å². The van der Waals surface area contributed by atoms with Crippen molar-refractivity contribution in [1.29, 1.82) is 0 Å². The van der Waals surface area contributed by atoms with Crippen LogP contribution in [0.1, 0.15) is 24.0 Å². The number of oxime groups is 1. The number of nitrogens with zero attached hydrogens (tertiary/aromatic N) is 2. The van der Waals surface area contributed by atoms with E-state index in [1.807, 2.05) is 29.2 Å². The highest BCUT2D eigenvalue weighted by atomic mass is 16.6. The molecule has 3 rings (SSSR count). The minimum absolute atomic E-state index is 0.0297. The van der Waals surface area contributed by atoms with Crippen molar-refractivity contribution in [3.63, 3.8) is 0 Å². The second-order valence-electron chi connectivity index (χ2n) is 7.10. The largest absolute Gasteiger partial charge is 0.493 e. The quantitative estimate of drug-likeness (QED) is 0.506. The Morgan fingerprint density at radius 1 is 1.07 bits per heavy atom. The molecule has 29 heavy (non-hydrogen) atoms. The zero-order chi connectivity index (χ0) is 20.5. The summed E-state index contributed by atoms with van der Waals surface area (Å²) in [6.45, 7) is 1.48. The number of methoxy groups -OCH3 is 2. The molecule has 0 atom stereocenters. The summed E-state index contributed by atoms with van der Waals surface area (Å²) in [5, 5.41) is 3.92. The van der Waals surface area contributed by atoms with E-state index in [0.29, 0.717) is 17.4 Å². The van der Waals surface area contributed by atoms with Crippen LogP contribution in [0.2, 0.25) is 0 Å². The average Bonchev–Trinajstić information content (AvgIpc) is 2.77. The van der Waals surface area contributed by atoms with Crippen LogP contribution in [0.5, 0.6) is 11.5 Å². The summed E-state index contributed by atoms with van der Waals surface area (Å²) >= 11 is 0. The number of hydrogen-bond donors (Lipinski definition) is 0. The van der Waals surface area contributed by atoms with Crippen LogP contribution in [0.15, 0.2) is 53.7 Å². The Bertz CT molecular complexity index is 815. The minimum Gasteiger partial charge on any atom is -0.493 e. The number of amides is 1. The monoisotopic (exact) mass is 396 g/mol. The van der Waals surface area contributed by atoms with Crippen LogP contribution in [0.25, 0.3) is 0 Å². The van der Waals surface area contributed by atoms with Gasteiger partial charge in [-0.25, -0.2) is 0 Å². The number of likely N-dealkylation sites (tertiary alicyclic amines) is 1. The molecule has 1 aliphatic rings. The molecule has 1 fully saturated rings. The number of carbonyl (C=O) groups is 1. The maximum Gasteiger partial charge on any atom is 0.263 e. The van der Waals surface area contributed by atoms with Crippen LogP contribution in [0.4, 0.5) is 0 Å². The zero-order valence-corrected chi connectivity index (χ0v) is 17.0. The lowest BCUT2D eigenvalue weighted by Gasteiger charge is -2.31. The van der Waals surface area contributed by atoms with Gasteiger partial charge in [-0.1, -0.05) is 41.6 Å². The number of piperidine rings is 1. The van der Waals surface area contributed by atoms with E-state index in [9.17, 15) is 4.79 Å². The fourth-order valence-corrected chi connectivity index (χ4v) is 3.63. The third-order valence-corrected chi connectivity index (χ3v) is 5.22. The van der Waals surface area contributed by atoms with Gasteiger partial charge in [-0.05, 0) is 42.9 Å². The molecule has 0 aliphatic carbocycles. The Kier molecular flexibility index (Phi) is 7.50. The van der Waals surface area contributed by atoms with Crippen molar-refractivity contribution >= 4 is 12.1 Å². The van der Waals surface area contributed by atoms with E-state index in [0.717, 1.165) is 37.9 Å². The average molecular weight is 396 g/mol. The fraction of sp³-hybridized carbons (Fsp3) is 0.391. The summed E-state index contributed by atoms with van der Waals surface area (Å²) in [7, 11) is 3.15. The first-order valence-corrected chi connectivity index (χ1v) is 9.89. The lowest BCUT2D eigenvalue weighted by molar-refractivity contribution is -0.137. The van der Waals surface area contributed by atoms with Crippen molar-refractivity contribution in [3.8, 4) is 11.5 Å². The van der Waals surface area contributed by atoms with E-state index < -0.39 is 0 Å². The summed E-state index contributed by atoms with van der Waals surface area (Å²) in [5.74, 6) is 1.79. The van der Waals surface area contributed by atoms with Gasteiger partial charge in [-0.3, -0.25) is 4.79 Å². The third kappa shape index (κ3) is 5.73. The van der Waals surface area contributed by atoms with Crippen molar-refractivity contribution in [2.45, 2.75) is 19.3 Å². The lowest BCUT2D eigenvalue weighted by atomic mass is 9.90. The van der Waals surface area contributed by atoms with E-state index >= 15 is 0 Å². The molecule has 0 N–H and O–H groups in total. The molecule has 2 aromatic carbocycles. The first-order valence-electron chi connectivity index (χ1n) is 9.89. The molecule has 1 amide bonds. The lowest BCUT2D eigenvalue weighted by Crippen LogP contribution is -2.40. The highest BCUT2D eigenvalue weighted by Crippen LogP contribution is 2.29. The summed E-state index contributed by atoms with van der Waals surface area (Å²) in [6.07, 6.45) is 4.64. The van der Waals surface area contributed by atoms with E-state index in [-0.39, 0.29) is 12.5 Å². The van der Waals surface area contributed by atoms with Gasteiger partial charge < -0.3 is 19.2 Å². The maximum atomic E-state index is 12.4. The zero-order valence-electron chi connectivity index (χ0n) is 17.0. The Labute approximate surface area is 172 Å². The SMILES string of the molecule is COc1cccc(/C=N\OCC(=O)N2CCC(Cc3ccccc3)CC2)c1OC. The van der Waals surface area contributed by atoms with Crippen LogP contribution in [0, 0.1) is 5.92 Å². The van der Waals surface area contributed by atoms with Crippen LogP contribution in [0.3, 0.4) is 0 Å². The molecular formula is C23H28N2O4. The number of benzene rings is 2. The van der Waals surface area contributed by atoms with Gasteiger partial charge in [0.15, 0.2) is 18.1 Å². The second kappa shape index (κ2) is 10.5. The molecule has 0 unspecified atom stereocenters. The second-order valence-corrected chi connectivity index (χ2v) is 7.10. The number of para-hydroxylation sites is 1. The number of rotatable bonds is 8. The number of carbonyl (C=O) groups excluding carboxylic acids is 1. The van der Waals surface area contributed by atoms with Crippen molar-refractivity contribution in [2.75, 3.05) is 33.9 Å². The number of hydrogen-bond acceptors (Lipinski definition) is 5. The van der Waals surface area contributed by atoms with E-state index in [2.05, 4.69) is 29.4 Å². The summed E-state index contributed by atoms with van der Waals surface area (Å²) < 4.78 is 10.6. The highest BCUT2D eigenvalue weighted by Gasteiger charge is 2.23. The predicted octanol–water partition coefficient (Wildman–Crippen LogP) is 3.54. The molecule has 6 nitrogen and oxygen atoms in total. The molecule has 1 aliphatic heterocycles. The summed E-state index contributed by atoms with van der Waals surface area (Å²) in [6, 6.07) is 16.0. The standard InChI is InChI=1S/C23H28N2O4/c1-27-21-10-6-9-20(23(21)28-2)16-24-29-17-22(26)25-13-11-19(12-14-25)15-18-7-4-3-5-8-18/h3-10,16,19H,11-15,17H2,1-2H3/b24-16-. The van der Waals surface area contributed by atoms with Crippen LogP contribution in [-0.4, -0.2) is 50.9 Å². The third-order valence-electron chi connectivity index (χ3n) is 5.22. The molecule has 0 bridgehead atoms. The van der Waals surface area contributed by atoms with E-state index in [1.54, 1.807) is 14.2 Å². The van der Waals surface area contributed by atoms with Gasteiger partial charge in [0.05, 0.1) is 20.4 Å². The molecule has 6 heteroatoms. The maximum absolute atomic E-state index is 12.4. The van der Waals surface area contributed by atoms with Gasteiger partial charge in [-0.2, -0.15) is 0 Å². The predicted molar refractivity (Wildman–Crippen MR) is 113 cm³/mol. The van der Waals surface area contributed by atoms with Gasteiger partial charge in [0.1, 0.15) is 0 Å². The van der Waals surface area contributed by atoms with Crippen molar-refractivity contribution < 1.29 is 19.1 Å².